The van der Waals surface area contributed by atoms with Gasteiger partial charge in [0.1, 0.15) is 0 Å². The summed E-state index contributed by atoms with van der Waals surface area (Å²) in [5.74, 6) is -1.08. The fraction of sp³-hybridized carbons (Fsp3) is 0.500. The zero-order chi connectivity index (χ0) is 8.08. The van der Waals surface area contributed by atoms with Gasteiger partial charge in [-0.3, -0.25) is 0 Å². The molecule has 0 bridgehead atoms. The van der Waals surface area contributed by atoms with Crippen LogP contribution in [0, 0.1) is 0 Å². The summed E-state index contributed by atoms with van der Waals surface area (Å²) in [6.45, 7) is 0.972. The number of carboxylic acid groups (broad SMARTS) is 1. The second-order valence-electron chi connectivity index (χ2n) is 0.939. The zero-order valence-corrected chi connectivity index (χ0v) is 8.25. The molecule has 10 heavy (non-hydrogen) atoms. The number of rotatable bonds is 0. The van der Waals surface area contributed by atoms with E-state index in [9.17, 15) is 0 Å². The van der Waals surface area contributed by atoms with Crippen LogP contribution in [0.2, 0.25) is 0 Å². The molecule has 0 unspecified atom stereocenters. The monoisotopic (exact) mass is 244 g/mol. The Morgan fingerprint density at radius 1 is 1.30 bits per heavy atom. The molecule has 0 heterocycles. The maximum absolute atomic E-state index is 8.89. The van der Waals surface area contributed by atoms with Crippen molar-refractivity contribution in [3.05, 3.63) is 0 Å². The van der Waals surface area contributed by atoms with E-state index in [1.807, 2.05) is 0 Å². The first kappa shape index (κ1) is 16.8. The summed E-state index contributed by atoms with van der Waals surface area (Å²) < 4.78 is 8.55. The summed E-state index contributed by atoms with van der Waals surface area (Å²) in [5.41, 5.74) is 0. The van der Waals surface area contributed by atoms with Gasteiger partial charge in [0, 0.05) is 5.97 Å². The van der Waals surface area contributed by atoms with Gasteiger partial charge < -0.3 is 29.1 Å². The topological polar surface area (TPSA) is 126 Å². The van der Waals surface area contributed by atoms with Crippen LogP contribution in [-0.4, -0.2) is 5.97 Å². The summed E-state index contributed by atoms with van der Waals surface area (Å²) in [6, 6.07) is 0. The van der Waals surface area contributed by atoms with Gasteiger partial charge in [0.2, 0.25) is 0 Å². The van der Waals surface area contributed by atoms with Crippen LogP contribution in [0.3, 0.4) is 0 Å². The van der Waals surface area contributed by atoms with E-state index in [2.05, 4.69) is 0 Å². The molecule has 0 aliphatic rings. The second-order valence-corrected chi connectivity index (χ2v) is 1.83. The molecule has 0 amide bonds. The molecule has 0 aliphatic heterocycles. The predicted octanol–water partition coefficient (Wildman–Crippen LogP) is -4.07. The summed E-state index contributed by atoms with van der Waals surface area (Å²) >= 11 is 0. The second kappa shape index (κ2) is 7.57. The van der Waals surface area contributed by atoms with E-state index in [0.717, 1.165) is 6.92 Å². The Morgan fingerprint density at radius 3 is 1.30 bits per heavy atom. The standard InChI is InChI=1S/C2H4O2.H3O4P.Zr/c1-2(3)4;1-5(2,3)4;/h1H3,(H,3,4);(H3,1,2,3,4);/q;;+4/p-4. The number of carbonyl (C=O) groups is 1. The number of carboxylic acids is 1. The molecule has 8 heteroatoms. The maximum Gasteiger partial charge on any atom is 4.00 e. The summed E-state index contributed by atoms with van der Waals surface area (Å²) in [5, 5.41) is 8.89. The molecule has 0 N–H and O–H groups in total. The summed E-state index contributed by atoms with van der Waals surface area (Å²) in [4.78, 5) is 34.5. The molecule has 0 saturated heterocycles. The van der Waals surface area contributed by atoms with Gasteiger partial charge >= 0.3 is 26.2 Å². The number of hydrogen-bond acceptors (Lipinski definition) is 6. The first-order valence-electron chi connectivity index (χ1n) is 1.64. The molecule has 0 saturated carbocycles. The number of phosphoric acid groups is 1. The van der Waals surface area contributed by atoms with Gasteiger partial charge in [-0.05, 0) is 6.92 Å². The Labute approximate surface area is 76.2 Å². The number of hydrogen-bond donors (Lipinski definition) is 0. The molecule has 0 aromatic rings. The third kappa shape index (κ3) is 2200. The van der Waals surface area contributed by atoms with Crippen molar-refractivity contribution in [3.63, 3.8) is 0 Å². The predicted molar refractivity (Wildman–Crippen MR) is 18.3 cm³/mol. The fourth-order valence-electron chi connectivity index (χ4n) is 0. The van der Waals surface area contributed by atoms with E-state index < -0.39 is 13.8 Å². The number of carbonyl (C=O) groups excluding carboxylic acids is 1. The van der Waals surface area contributed by atoms with E-state index in [0.29, 0.717) is 0 Å². The van der Waals surface area contributed by atoms with Gasteiger partial charge in [-0.25, -0.2) is 0 Å². The first-order valence-corrected chi connectivity index (χ1v) is 3.10. The summed E-state index contributed by atoms with van der Waals surface area (Å²) in [6.07, 6.45) is 0. The van der Waals surface area contributed by atoms with Gasteiger partial charge in [-0.2, -0.15) is 7.82 Å². The fourth-order valence-corrected chi connectivity index (χ4v) is 0. The first-order chi connectivity index (χ1) is 3.73. The van der Waals surface area contributed by atoms with Crippen molar-refractivity contribution in [1.29, 1.82) is 0 Å². The van der Waals surface area contributed by atoms with E-state index in [1.165, 1.54) is 0 Å². The minimum atomic E-state index is -5.39. The quantitative estimate of drug-likeness (QED) is 0.399. The molecule has 0 radical (unpaired) electrons. The zero-order valence-electron chi connectivity index (χ0n) is 4.90. The van der Waals surface area contributed by atoms with Gasteiger partial charge in [-0.1, -0.05) is 0 Å². The molecular formula is C2H3O6PZr. The van der Waals surface area contributed by atoms with E-state index in [4.69, 9.17) is 29.1 Å². The minimum Gasteiger partial charge on any atom is -0.822 e. The van der Waals surface area contributed by atoms with Crippen molar-refractivity contribution in [2.24, 2.45) is 0 Å². The van der Waals surface area contributed by atoms with Crippen LogP contribution < -0.4 is 19.8 Å². The molecule has 0 aromatic carbocycles. The SMILES string of the molecule is CC(=O)[O-].O=P([O-])([O-])[O-].[Zr+4]. The Bertz CT molecular complexity index is 115. The largest absolute Gasteiger partial charge is 4.00 e. The average molecular weight is 245 g/mol. The van der Waals surface area contributed by atoms with Crippen molar-refractivity contribution < 1.29 is 55.3 Å². The molecule has 6 nitrogen and oxygen atoms in total. The van der Waals surface area contributed by atoms with Crippen LogP contribution in [0.5, 0.6) is 0 Å². The molecule has 56 valence electrons. The van der Waals surface area contributed by atoms with Crippen molar-refractivity contribution in [2.75, 3.05) is 0 Å². The minimum absolute atomic E-state index is 0. The normalized spacial score (nSPS) is 8.40. The molecule has 0 rings (SSSR count). The van der Waals surface area contributed by atoms with Gasteiger partial charge in [0.05, 0.1) is 0 Å². The van der Waals surface area contributed by atoms with Crippen LogP contribution in [0.15, 0.2) is 0 Å². The molecular weight excluding hydrogens is 242 g/mol. The molecule has 0 aromatic heterocycles. The van der Waals surface area contributed by atoms with Crippen LogP contribution in [0.4, 0.5) is 0 Å². The van der Waals surface area contributed by atoms with Crippen LogP contribution in [0.25, 0.3) is 0 Å². The van der Waals surface area contributed by atoms with Crippen LogP contribution in [-0.2, 0) is 35.6 Å². The van der Waals surface area contributed by atoms with Gasteiger partial charge in [0.15, 0.2) is 0 Å². The van der Waals surface area contributed by atoms with E-state index in [1.54, 1.807) is 0 Å². The van der Waals surface area contributed by atoms with Gasteiger partial charge in [0.25, 0.3) is 0 Å². The van der Waals surface area contributed by atoms with Crippen LogP contribution >= 0.6 is 7.82 Å². The third-order valence-corrected chi connectivity index (χ3v) is 0. The number of aliphatic carboxylic acids is 1. The van der Waals surface area contributed by atoms with Gasteiger partial charge in [-0.15, -0.1) is 0 Å². The molecule has 0 spiro atoms. The van der Waals surface area contributed by atoms with E-state index >= 15 is 0 Å². The Hall–Kier alpha value is 0.463. The third-order valence-electron chi connectivity index (χ3n) is 0. The molecule has 0 aliphatic carbocycles. The Balaban J connectivity index is -0.0000000910. The Morgan fingerprint density at radius 2 is 1.30 bits per heavy atom. The summed E-state index contributed by atoms with van der Waals surface area (Å²) in [7, 11) is -5.39. The van der Waals surface area contributed by atoms with Crippen molar-refractivity contribution >= 4 is 13.8 Å². The van der Waals surface area contributed by atoms with Crippen molar-refractivity contribution in [1.82, 2.24) is 0 Å². The smallest absolute Gasteiger partial charge is 0.822 e. The average Bonchev–Trinajstić information content (AvgIpc) is 1.19. The van der Waals surface area contributed by atoms with Crippen molar-refractivity contribution in [2.45, 2.75) is 6.92 Å². The maximum atomic E-state index is 8.89. The molecule has 0 atom stereocenters. The Kier molecular flexibility index (Phi) is 12.7. The van der Waals surface area contributed by atoms with E-state index in [-0.39, 0.29) is 26.2 Å². The molecule has 0 fully saturated rings. The van der Waals surface area contributed by atoms with Crippen molar-refractivity contribution in [3.8, 4) is 0 Å². The van der Waals surface area contributed by atoms with Crippen LogP contribution in [0.1, 0.15) is 6.92 Å².